The molecule has 0 bridgehead atoms. The lowest BCUT2D eigenvalue weighted by molar-refractivity contribution is -0.120. The van der Waals surface area contributed by atoms with Crippen LogP contribution >= 0.6 is 0 Å². The van der Waals surface area contributed by atoms with Crippen LogP contribution in [0, 0.1) is 5.92 Å². The number of ether oxygens (including phenoxy) is 1. The molecular weight excluding hydrogens is 446 g/mol. The molecular formula is C23H27N3O6S. The van der Waals surface area contributed by atoms with E-state index in [1.165, 1.54) is 17.0 Å². The topological polar surface area (TPSA) is 130 Å². The average Bonchev–Trinajstić information content (AvgIpc) is 2.78. The second-order valence-corrected chi connectivity index (χ2v) is 10.1. The quantitative estimate of drug-likeness (QED) is 0.702. The summed E-state index contributed by atoms with van der Waals surface area (Å²) in [5, 5.41) is 15.1. The number of nitrogens with two attached hydrogens (primary N) is 1. The van der Waals surface area contributed by atoms with Gasteiger partial charge in [0.2, 0.25) is 15.9 Å². The molecule has 0 aromatic heterocycles. The highest BCUT2D eigenvalue weighted by Gasteiger charge is 2.36. The highest BCUT2D eigenvalue weighted by Crippen LogP contribution is 2.40. The number of carboxylic acid groups (broad SMARTS) is 1. The standard InChI is InChI=1S/C23H27N3O6S/c1-15-14-25(23(28)29)21-13-18(17-3-2-4-19(12-17)33(24,30)31)5-6-20(21)26(15)22(27)11-16-7-9-32-10-8-16/h2-6,12-13,15-16H,7-11,14H2,1H3,(H,28,29)(H2,24,30,31)/t15-/m0/s1. The minimum Gasteiger partial charge on any atom is -0.465 e. The fraction of sp³-hybridized carbons (Fsp3) is 0.391. The highest BCUT2D eigenvalue weighted by atomic mass is 32.2. The molecule has 2 amide bonds. The van der Waals surface area contributed by atoms with Gasteiger partial charge in [-0.25, -0.2) is 18.4 Å². The van der Waals surface area contributed by atoms with Crippen molar-refractivity contribution in [2.24, 2.45) is 11.1 Å². The van der Waals surface area contributed by atoms with Crippen molar-refractivity contribution < 1.29 is 27.9 Å². The molecule has 4 rings (SSSR count). The van der Waals surface area contributed by atoms with E-state index in [2.05, 4.69) is 0 Å². The summed E-state index contributed by atoms with van der Waals surface area (Å²) in [6, 6.07) is 11.0. The first-order valence-corrected chi connectivity index (χ1v) is 12.4. The van der Waals surface area contributed by atoms with Crippen LogP contribution in [-0.4, -0.2) is 51.3 Å². The van der Waals surface area contributed by atoms with Gasteiger partial charge in [-0.3, -0.25) is 9.69 Å². The second-order valence-electron chi connectivity index (χ2n) is 8.54. The van der Waals surface area contributed by atoms with E-state index in [0.29, 0.717) is 42.1 Å². The van der Waals surface area contributed by atoms with Crippen molar-refractivity contribution in [2.45, 2.75) is 37.1 Å². The molecule has 2 aliphatic rings. The summed E-state index contributed by atoms with van der Waals surface area (Å²) in [6.07, 6.45) is 0.941. The van der Waals surface area contributed by atoms with E-state index >= 15 is 0 Å². The minimum atomic E-state index is -3.88. The molecule has 3 N–H and O–H groups in total. The van der Waals surface area contributed by atoms with E-state index in [1.807, 2.05) is 6.92 Å². The predicted octanol–water partition coefficient (Wildman–Crippen LogP) is 3.04. The molecule has 9 nitrogen and oxygen atoms in total. The Bertz CT molecular complexity index is 1180. The maximum absolute atomic E-state index is 13.3. The molecule has 2 aromatic carbocycles. The molecule has 176 valence electrons. The van der Waals surface area contributed by atoms with Crippen molar-refractivity contribution in [1.82, 2.24) is 0 Å². The fourth-order valence-corrected chi connectivity index (χ4v) is 5.07. The third kappa shape index (κ3) is 4.87. The van der Waals surface area contributed by atoms with Crippen molar-refractivity contribution in [2.75, 3.05) is 29.6 Å². The van der Waals surface area contributed by atoms with E-state index in [9.17, 15) is 23.1 Å². The Balaban J connectivity index is 1.72. The summed E-state index contributed by atoms with van der Waals surface area (Å²) >= 11 is 0. The Morgan fingerprint density at radius 2 is 1.79 bits per heavy atom. The van der Waals surface area contributed by atoms with Gasteiger partial charge in [0.05, 0.1) is 22.3 Å². The predicted molar refractivity (Wildman–Crippen MR) is 124 cm³/mol. The van der Waals surface area contributed by atoms with Crippen molar-refractivity contribution >= 4 is 33.4 Å². The number of anilines is 2. The van der Waals surface area contributed by atoms with Crippen LogP contribution in [0.15, 0.2) is 47.4 Å². The lowest BCUT2D eigenvalue weighted by Gasteiger charge is -2.41. The van der Waals surface area contributed by atoms with Gasteiger partial charge in [0.25, 0.3) is 0 Å². The van der Waals surface area contributed by atoms with E-state index < -0.39 is 16.1 Å². The molecule has 0 spiro atoms. The van der Waals surface area contributed by atoms with Gasteiger partial charge in [-0.1, -0.05) is 18.2 Å². The molecule has 0 saturated carbocycles. The third-order valence-corrected chi connectivity index (χ3v) is 7.12. The first-order valence-electron chi connectivity index (χ1n) is 10.8. The van der Waals surface area contributed by atoms with Crippen LogP contribution in [0.1, 0.15) is 26.2 Å². The molecule has 33 heavy (non-hydrogen) atoms. The van der Waals surface area contributed by atoms with E-state index in [1.54, 1.807) is 35.2 Å². The third-order valence-electron chi connectivity index (χ3n) is 6.21. The van der Waals surface area contributed by atoms with Gasteiger partial charge in [-0.2, -0.15) is 0 Å². The maximum atomic E-state index is 13.3. The average molecular weight is 474 g/mol. The summed E-state index contributed by atoms with van der Waals surface area (Å²) in [7, 11) is -3.88. The van der Waals surface area contributed by atoms with E-state index in [4.69, 9.17) is 9.88 Å². The largest absolute Gasteiger partial charge is 0.465 e. The zero-order valence-electron chi connectivity index (χ0n) is 18.3. The Morgan fingerprint density at radius 1 is 1.09 bits per heavy atom. The number of benzene rings is 2. The molecule has 1 fully saturated rings. The van der Waals surface area contributed by atoms with Crippen molar-refractivity contribution in [3.05, 3.63) is 42.5 Å². The zero-order chi connectivity index (χ0) is 23.8. The van der Waals surface area contributed by atoms with Gasteiger partial charge in [-0.05, 0) is 61.1 Å². The Morgan fingerprint density at radius 3 is 2.45 bits per heavy atom. The number of carbonyl (C=O) groups is 2. The number of hydrogen-bond donors (Lipinski definition) is 2. The van der Waals surface area contributed by atoms with Crippen LogP contribution < -0.4 is 14.9 Å². The van der Waals surface area contributed by atoms with E-state index in [0.717, 1.165) is 12.8 Å². The summed E-state index contributed by atoms with van der Waals surface area (Å²) < 4.78 is 28.9. The van der Waals surface area contributed by atoms with Crippen LogP contribution in [0.25, 0.3) is 11.1 Å². The van der Waals surface area contributed by atoms with Gasteiger partial charge < -0.3 is 14.7 Å². The summed E-state index contributed by atoms with van der Waals surface area (Å²) in [6.45, 7) is 3.28. The number of primary sulfonamides is 1. The Labute approximate surface area is 192 Å². The van der Waals surface area contributed by atoms with Crippen molar-refractivity contribution in [3.8, 4) is 11.1 Å². The first kappa shape index (κ1) is 23.2. The first-order chi connectivity index (χ1) is 15.6. The number of hydrogen-bond acceptors (Lipinski definition) is 5. The lowest BCUT2D eigenvalue weighted by atomic mass is 9.94. The van der Waals surface area contributed by atoms with Crippen LogP contribution in [0.3, 0.4) is 0 Å². The van der Waals surface area contributed by atoms with Crippen LogP contribution in [-0.2, 0) is 19.6 Å². The molecule has 0 unspecified atom stereocenters. The second kappa shape index (κ2) is 9.12. The summed E-state index contributed by atoms with van der Waals surface area (Å²) in [4.78, 5) is 28.2. The monoisotopic (exact) mass is 473 g/mol. The maximum Gasteiger partial charge on any atom is 0.411 e. The molecule has 10 heteroatoms. The van der Waals surface area contributed by atoms with Crippen molar-refractivity contribution in [1.29, 1.82) is 0 Å². The molecule has 2 aromatic rings. The van der Waals surface area contributed by atoms with E-state index in [-0.39, 0.29) is 29.3 Å². The summed E-state index contributed by atoms with van der Waals surface area (Å²) in [5.74, 6) is 0.212. The lowest BCUT2D eigenvalue weighted by Crippen LogP contribution is -2.52. The molecule has 0 aliphatic carbocycles. The van der Waals surface area contributed by atoms with Crippen LogP contribution in [0.5, 0.6) is 0 Å². The smallest absolute Gasteiger partial charge is 0.411 e. The normalized spacial score (nSPS) is 19.3. The minimum absolute atomic E-state index is 0.0327. The molecule has 1 atom stereocenters. The Hall–Kier alpha value is -2.95. The highest BCUT2D eigenvalue weighted by molar-refractivity contribution is 7.89. The van der Waals surface area contributed by atoms with Gasteiger partial charge in [0, 0.05) is 26.2 Å². The number of carbonyl (C=O) groups excluding carboxylic acids is 1. The summed E-state index contributed by atoms with van der Waals surface area (Å²) in [5.41, 5.74) is 2.12. The van der Waals surface area contributed by atoms with Crippen molar-refractivity contribution in [3.63, 3.8) is 0 Å². The van der Waals surface area contributed by atoms with Gasteiger partial charge >= 0.3 is 6.09 Å². The number of fused-ring (bicyclic) bond motifs is 1. The van der Waals surface area contributed by atoms with Gasteiger partial charge in [0.15, 0.2) is 0 Å². The van der Waals surface area contributed by atoms with Gasteiger partial charge in [-0.15, -0.1) is 0 Å². The number of rotatable bonds is 4. The number of sulfonamides is 1. The zero-order valence-corrected chi connectivity index (χ0v) is 19.1. The fourth-order valence-electron chi connectivity index (χ4n) is 4.51. The SMILES string of the molecule is C[C@H]1CN(C(=O)O)c2cc(-c3cccc(S(N)(=O)=O)c3)ccc2N1C(=O)CC1CCOCC1. The number of amides is 2. The molecule has 2 aliphatic heterocycles. The molecule has 1 saturated heterocycles. The molecule has 0 radical (unpaired) electrons. The number of nitrogens with zero attached hydrogens (tertiary/aromatic N) is 2. The molecule has 2 heterocycles. The van der Waals surface area contributed by atoms with Gasteiger partial charge in [0.1, 0.15) is 0 Å². The van der Waals surface area contributed by atoms with Crippen LogP contribution in [0.4, 0.5) is 16.2 Å². The van der Waals surface area contributed by atoms with Crippen LogP contribution in [0.2, 0.25) is 0 Å². The Kier molecular flexibility index (Phi) is 6.42.